The fourth-order valence-electron chi connectivity index (χ4n) is 2.82. The fourth-order valence-corrected chi connectivity index (χ4v) is 3.19. The van der Waals surface area contributed by atoms with Crippen molar-refractivity contribution in [1.82, 2.24) is 14.8 Å². The Morgan fingerprint density at radius 1 is 1.00 bits per heavy atom. The van der Waals surface area contributed by atoms with E-state index in [1.165, 1.54) is 11.1 Å². The molecule has 0 aliphatic heterocycles. The molecule has 108 valence electrons. The number of hydrogen-bond donors (Lipinski definition) is 0. The number of rotatable bonds is 2. The van der Waals surface area contributed by atoms with E-state index < -0.39 is 0 Å². The molecule has 0 saturated carbocycles. The van der Waals surface area contributed by atoms with E-state index in [-0.39, 0.29) is 0 Å². The predicted molar refractivity (Wildman–Crippen MR) is 90.3 cm³/mol. The highest BCUT2D eigenvalue weighted by molar-refractivity contribution is 6.39. The molecule has 4 aromatic rings. The molecule has 2 aromatic heterocycles. The number of pyridine rings is 1. The summed E-state index contributed by atoms with van der Waals surface area (Å²) in [4.78, 5) is 4.64. The number of halogens is 1. The molecule has 0 atom stereocenters. The van der Waals surface area contributed by atoms with Gasteiger partial charge in [-0.3, -0.25) is 4.68 Å². The standard InChI is InChI=1S/C18H14ClN3/c1-22-18-16(11-20-22)21-15-8-7-13(10-14(15)17(18)19)9-12-5-3-2-4-6-12/h2-8,10-11H,9H2,1H3. The largest absolute Gasteiger partial charge is 0.265 e. The van der Waals surface area contributed by atoms with Crippen LogP contribution in [0.3, 0.4) is 0 Å². The minimum Gasteiger partial charge on any atom is -0.265 e. The van der Waals surface area contributed by atoms with Gasteiger partial charge in [0.15, 0.2) is 0 Å². The van der Waals surface area contributed by atoms with Crippen LogP contribution in [0.15, 0.2) is 54.7 Å². The number of aryl methyl sites for hydroxylation is 1. The molecule has 22 heavy (non-hydrogen) atoms. The van der Waals surface area contributed by atoms with Crippen LogP contribution in [0.5, 0.6) is 0 Å². The first kappa shape index (κ1) is 13.3. The van der Waals surface area contributed by atoms with E-state index in [2.05, 4.69) is 46.5 Å². The molecule has 0 spiro atoms. The molecule has 0 aliphatic carbocycles. The van der Waals surface area contributed by atoms with Crippen LogP contribution in [0.1, 0.15) is 11.1 Å². The van der Waals surface area contributed by atoms with Crippen molar-refractivity contribution in [2.45, 2.75) is 6.42 Å². The molecule has 0 radical (unpaired) electrons. The Bertz CT molecular complexity index is 974. The van der Waals surface area contributed by atoms with Gasteiger partial charge in [0, 0.05) is 12.4 Å². The van der Waals surface area contributed by atoms with Crippen molar-refractivity contribution < 1.29 is 0 Å². The van der Waals surface area contributed by atoms with Crippen LogP contribution < -0.4 is 0 Å². The van der Waals surface area contributed by atoms with Crippen molar-refractivity contribution >= 4 is 33.5 Å². The van der Waals surface area contributed by atoms with Gasteiger partial charge >= 0.3 is 0 Å². The Morgan fingerprint density at radius 3 is 2.64 bits per heavy atom. The van der Waals surface area contributed by atoms with Crippen LogP contribution in [0.2, 0.25) is 5.02 Å². The van der Waals surface area contributed by atoms with Crippen LogP contribution in [-0.4, -0.2) is 14.8 Å². The van der Waals surface area contributed by atoms with Gasteiger partial charge in [0.1, 0.15) is 11.0 Å². The van der Waals surface area contributed by atoms with E-state index in [0.29, 0.717) is 0 Å². The minimum absolute atomic E-state index is 0.718. The summed E-state index contributed by atoms with van der Waals surface area (Å²) >= 11 is 6.60. The molecule has 0 amide bonds. The summed E-state index contributed by atoms with van der Waals surface area (Å²) in [5.74, 6) is 0. The second-order valence-electron chi connectivity index (χ2n) is 5.44. The summed E-state index contributed by atoms with van der Waals surface area (Å²) < 4.78 is 1.77. The maximum absolute atomic E-state index is 6.60. The van der Waals surface area contributed by atoms with Gasteiger partial charge in [-0.2, -0.15) is 5.10 Å². The molecule has 4 heteroatoms. The molecule has 0 fully saturated rings. The average Bonchev–Trinajstić information content (AvgIpc) is 2.90. The number of nitrogens with zero attached hydrogens (tertiary/aromatic N) is 3. The summed E-state index contributed by atoms with van der Waals surface area (Å²) in [6, 6.07) is 16.7. The lowest BCUT2D eigenvalue weighted by Crippen LogP contribution is -1.93. The van der Waals surface area contributed by atoms with Crippen LogP contribution in [0.25, 0.3) is 21.9 Å². The molecule has 3 nitrogen and oxygen atoms in total. The maximum atomic E-state index is 6.60. The van der Waals surface area contributed by atoms with Crippen LogP contribution in [-0.2, 0) is 13.5 Å². The summed E-state index contributed by atoms with van der Waals surface area (Å²) in [6.07, 6.45) is 2.63. The van der Waals surface area contributed by atoms with Crippen LogP contribution in [0, 0.1) is 0 Å². The topological polar surface area (TPSA) is 30.7 Å². The summed E-state index contributed by atoms with van der Waals surface area (Å²) in [5, 5.41) is 5.93. The Kier molecular flexibility index (Phi) is 3.09. The second-order valence-corrected chi connectivity index (χ2v) is 5.82. The lowest BCUT2D eigenvalue weighted by molar-refractivity contribution is 0.797. The quantitative estimate of drug-likeness (QED) is 0.550. The number of aromatic nitrogens is 3. The van der Waals surface area contributed by atoms with Gasteiger partial charge in [0.25, 0.3) is 0 Å². The first-order valence-corrected chi connectivity index (χ1v) is 7.54. The molecule has 4 rings (SSSR count). The fraction of sp³-hybridized carbons (Fsp3) is 0.111. The van der Waals surface area contributed by atoms with E-state index >= 15 is 0 Å². The molecule has 0 N–H and O–H groups in total. The van der Waals surface area contributed by atoms with Gasteiger partial charge in [-0.25, -0.2) is 4.98 Å². The van der Waals surface area contributed by atoms with Crippen molar-refractivity contribution in [3.05, 3.63) is 70.9 Å². The van der Waals surface area contributed by atoms with Gasteiger partial charge in [-0.05, 0) is 29.7 Å². The molecule has 0 bridgehead atoms. The van der Waals surface area contributed by atoms with E-state index in [9.17, 15) is 0 Å². The zero-order chi connectivity index (χ0) is 15.1. The van der Waals surface area contributed by atoms with Crippen molar-refractivity contribution in [3.63, 3.8) is 0 Å². The van der Waals surface area contributed by atoms with Gasteiger partial charge in [0.2, 0.25) is 0 Å². The van der Waals surface area contributed by atoms with E-state index in [1.807, 2.05) is 19.2 Å². The first-order valence-electron chi connectivity index (χ1n) is 7.16. The van der Waals surface area contributed by atoms with Crippen LogP contribution >= 0.6 is 11.6 Å². The highest BCUT2D eigenvalue weighted by atomic mass is 35.5. The lowest BCUT2D eigenvalue weighted by Gasteiger charge is -2.07. The van der Waals surface area contributed by atoms with Gasteiger partial charge < -0.3 is 0 Å². The third-order valence-electron chi connectivity index (χ3n) is 3.92. The van der Waals surface area contributed by atoms with Crippen molar-refractivity contribution in [2.75, 3.05) is 0 Å². The smallest absolute Gasteiger partial charge is 0.111 e. The molecule has 2 heterocycles. The van der Waals surface area contributed by atoms with Gasteiger partial charge in [0.05, 0.1) is 16.7 Å². The third-order valence-corrected chi connectivity index (χ3v) is 4.30. The Morgan fingerprint density at radius 2 is 1.82 bits per heavy atom. The summed E-state index contributed by atoms with van der Waals surface area (Å²) in [5.41, 5.74) is 5.13. The average molecular weight is 308 g/mol. The first-order chi connectivity index (χ1) is 10.7. The van der Waals surface area contributed by atoms with Crippen LogP contribution in [0.4, 0.5) is 0 Å². The highest BCUT2D eigenvalue weighted by Crippen LogP contribution is 2.30. The number of fused-ring (bicyclic) bond motifs is 2. The van der Waals surface area contributed by atoms with E-state index in [0.717, 1.165) is 33.4 Å². The van der Waals surface area contributed by atoms with E-state index in [4.69, 9.17) is 11.6 Å². The molecular weight excluding hydrogens is 294 g/mol. The Labute approximate surface area is 133 Å². The van der Waals surface area contributed by atoms with E-state index in [1.54, 1.807) is 10.9 Å². The van der Waals surface area contributed by atoms with Gasteiger partial charge in [-0.15, -0.1) is 0 Å². The minimum atomic E-state index is 0.718. The summed E-state index contributed by atoms with van der Waals surface area (Å²) in [7, 11) is 1.88. The molecule has 0 saturated heterocycles. The Balaban J connectivity index is 1.87. The SMILES string of the molecule is Cn1ncc2nc3ccc(Cc4ccccc4)cc3c(Cl)c21. The van der Waals surface area contributed by atoms with Gasteiger partial charge in [-0.1, -0.05) is 48.0 Å². The van der Waals surface area contributed by atoms with Crippen molar-refractivity contribution in [1.29, 1.82) is 0 Å². The molecule has 0 unspecified atom stereocenters. The summed E-state index contributed by atoms with van der Waals surface area (Å²) in [6.45, 7) is 0. The molecule has 0 aliphatic rings. The zero-order valence-electron chi connectivity index (χ0n) is 12.1. The third kappa shape index (κ3) is 2.14. The normalized spacial score (nSPS) is 11.4. The Hall–Kier alpha value is -2.39. The highest BCUT2D eigenvalue weighted by Gasteiger charge is 2.11. The van der Waals surface area contributed by atoms with Crippen molar-refractivity contribution in [2.24, 2.45) is 7.05 Å². The maximum Gasteiger partial charge on any atom is 0.111 e. The number of benzene rings is 2. The predicted octanol–water partition coefficient (Wildman–Crippen LogP) is 4.37. The zero-order valence-corrected chi connectivity index (χ0v) is 12.9. The number of hydrogen-bond acceptors (Lipinski definition) is 2. The molecular formula is C18H14ClN3. The monoisotopic (exact) mass is 307 g/mol. The van der Waals surface area contributed by atoms with Crippen molar-refractivity contribution in [3.8, 4) is 0 Å². The lowest BCUT2D eigenvalue weighted by atomic mass is 10.0. The second kappa shape index (κ2) is 5.11. The molecule has 2 aromatic carbocycles.